The van der Waals surface area contributed by atoms with E-state index >= 15 is 0 Å². The number of nitrogens with zero attached hydrogens (tertiary/aromatic N) is 3. The molecule has 0 aliphatic carbocycles. The van der Waals surface area contributed by atoms with Crippen LogP contribution >= 0.6 is 0 Å². The molecule has 0 amide bonds. The summed E-state index contributed by atoms with van der Waals surface area (Å²) in [5.41, 5.74) is 1.12. The Morgan fingerprint density at radius 1 is 1.09 bits per heavy atom. The number of nitrogens with one attached hydrogen (secondary N) is 1. The molecular formula is C23H30N4O6S. The Kier molecular flexibility index (Phi) is 7.67. The monoisotopic (exact) mass is 490 g/mol. The molecule has 4 rings (SSSR count). The molecule has 10 nitrogen and oxygen atoms in total. The van der Waals surface area contributed by atoms with Crippen LogP contribution in [0.3, 0.4) is 0 Å². The van der Waals surface area contributed by atoms with E-state index in [4.69, 9.17) is 9.47 Å². The Labute approximate surface area is 199 Å². The van der Waals surface area contributed by atoms with E-state index in [0.29, 0.717) is 25.4 Å². The topological polar surface area (TPSA) is 114 Å². The van der Waals surface area contributed by atoms with Crippen molar-refractivity contribution in [1.82, 2.24) is 9.21 Å². The Balaban J connectivity index is 1.57. The first-order valence-electron chi connectivity index (χ1n) is 11.4. The number of likely N-dealkylation sites (tertiary alicyclic amines) is 1. The molecule has 2 aliphatic rings. The lowest BCUT2D eigenvalue weighted by Gasteiger charge is -2.29. The lowest BCUT2D eigenvalue weighted by molar-refractivity contribution is -0.384. The first-order chi connectivity index (χ1) is 16.4. The molecule has 11 heteroatoms. The van der Waals surface area contributed by atoms with E-state index in [2.05, 4.69) is 10.2 Å². The van der Waals surface area contributed by atoms with Crippen molar-refractivity contribution < 1.29 is 22.8 Å². The normalized spacial score (nSPS) is 18.5. The van der Waals surface area contributed by atoms with Crippen LogP contribution in [0.25, 0.3) is 0 Å². The molecular weight excluding hydrogens is 460 g/mol. The van der Waals surface area contributed by atoms with Gasteiger partial charge in [0.15, 0.2) is 0 Å². The first-order valence-corrected chi connectivity index (χ1v) is 12.8. The van der Waals surface area contributed by atoms with E-state index in [0.717, 1.165) is 43.3 Å². The van der Waals surface area contributed by atoms with E-state index in [1.165, 1.54) is 16.4 Å². The van der Waals surface area contributed by atoms with Gasteiger partial charge in [0.05, 0.1) is 36.2 Å². The smallest absolute Gasteiger partial charge is 0.293 e. The molecule has 0 saturated carbocycles. The van der Waals surface area contributed by atoms with E-state index < -0.39 is 14.9 Å². The second-order valence-corrected chi connectivity index (χ2v) is 10.3. The van der Waals surface area contributed by atoms with Crippen molar-refractivity contribution in [3.05, 3.63) is 58.1 Å². The summed E-state index contributed by atoms with van der Waals surface area (Å²) in [5.74, 6) is 0.768. The number of nitro groups is 1. The number of methoxy groups -OCH3 is 1. The number of rotatable bonds is 9. The molecule has 2 aliphatic heterocycles. The number of hydrogen-bond acceptors (Lipinski definition) is 8. The zero-order valence-electron chi connectivity index (χ0n) is 19.2. The SMILES string of the molecule is COc1ccc(C(CNc2ccc(S(=O)(=O)N3CCOCC3)cc2[N+](=O)[O-])N2CCCC2)cc1. The highest BCUT2D eigenvalue weighted by atomic mass is 32.2. The van der Waals surface area contributed by atoms with Gasteiger partial charge in [-0.2, -0.15) is 4.31 Å². The van der Waals surface area contributed by atoms with E-state index in [1.807, 2.05) is 24.3 Å². The quantitative estimate of drug-likeness (QED) is 0.422. The van der Waals surface area contributed by atoms with Gasteiger partial charge in [0.2, 0.25) is 10.0 Å². The molecule has 0 bridgehead atoms. The van der Waals surface area contributed by atoms with Crippen molar-refractivity contribution in [1.29, 1.82) is 0 Å². The fraction of sp³-hybridized carbons (Fsp3) is 0.478. The highest BCUT2D eigenvalue weighted by Gasteiger charge is 2.29. The zero-order valence-corrected chi connectivity index (χ0v) is 20.0. The van der Waals surface area contributed by atoms with Crippen LogP contribution < -0.4 is 10.1 Å². The fourth-order valence-corrected chi connectivity index (χ4v) is 5.88. The number of sulfonamides is 1. The van der Waals surface area contributed by atoms with Crippen molar-refractivity contribution in [3.8, 4) is 5.75 Å². The Morgan fingerprint density at radius 3 is 2.38 bits per heavy atom. The van der Waals surface area contributed by atoms with Gasteiger partial charge >= 0.3 is 0 Å². The summed E-state index contributed by atoms with van der Waals surface area (Å²) in [6, 6.07) is 11.9. The highest BCUT2D eigenvalue weighted by Crippen LogP contribution is 2.32. The van der Waals surface area contributed by atoms with E-state index in [1.54, 1.807) is 7.11 Å². The minimum absolute atomic E-state index is 0.0183. The minimum atomic E-state index is -3.83. The summed E-state index contributed by atoms with van der Waals surface area (Å²) in [4.78, 5) is 13.6. The van der Waals surface area contributed by atoms with Gasteiger partial charge in [0.1, 0.15) is 11.4 Å². The summed E-state index contributed by atoms with van der Waals surface area (Å²) < 4.78 is 37.7. The average molecular weight is 491 g/mol. The van der Waals surface area contributed by atoms with Crippen LogP contribution in [-0.4, -0.2) is 75.6 Å². The fourth-order valence-electron chi connectivity index (χ4n) is 4.45. The Hall–Kier alpha value is -2.73. The van der Waals surface area contributed by atoms with E-state index in [-0.39, 0.29) is 29.7 Å². The highest BCUT2D eigenvalue weighted by molar-refractivity contribution is 7.89. The third-order valence-corrected chi connectivity index (χ3v) is 8.24. The van der Waals surface area contributed by atoms with Crippen molar-refractivity contribution in [3.63, 3.8) is 0 Å². The largest absolute Gasteiger partial charge is 0.497 e. The predicted octanol–water partition coefficient (Wildman–Crippen LogP) is 2.87. The molecule has 2 fully saturated rings. The second-order valence-electron chi connectivity index (χ2n) is 8.37. The standard InChI is InChI=1S/C23H30N4O6S/c1-32-19-6-4-18(5-7-19)23(25-10-2-3-11-25)17-24-21-9-8-20(16-22(21)27(28)29)34(30,31)26-12-14-33-15-13-26/h4-9,16,23-24H,2-3,10-15,17H2,1H3. The van der Waals surface area contributed by atoms with Crippen LogP contribution in [0, 0.1) is 10.1 Å². The van der Waals surface area contributed by atoms with Gasteiger partial charge in [-0.1, -0.05) is 12.1 Å². The van der Waals surface area contributed by atoms with Crippen LogP contribution in [0.5, 0.6) is 5.75 Å². The minimum Gasteiger partial charge on any atom is -0.497 e. The van der Waals surface area contributed by atoms with E-state index in [9.17, 15) is 18.5 Å². The van der Waals surface area contributed by atoms with Gasteiger partial charge in [-0.05, 0) is 55.8 Å². The molecule has 184 valence electrons. The van der Waals surface area contributed by atoms with Crippen LogP contribution in [0.4, 0.5) is 11.4 Å². The zero-order chi connectivity index (χ0) is 24.1. The first kappa shape index (κ1) is 24.4. The molecule has 0 aromatic heterocycles. The van der Waals surface area contributed by atoms with Crippen LogP contribution in [-0.2, 0) is 14.8 Å². The second kappa shape index (κ2) is 10.7. The number of anilines is 1. The van der Waals surface area contributed by atoms with Crippen molar-refractivity contribution in [2.75, 3.05) is 58.4 Å². The predicted molar refractivity (Wildman–Crippen MR) is 128 cm³/mol. The summed E-state index contributed by atoms with van der Waals surface area (Å²) in [7, 11) is -2.21. The lowest BCUT2D eigenvalue weighted by atomic mass is 10.0. The van der Waals surface area contributed by atoms with Crippen LogP contribution in [0.1, 0.15) is 24.4 Å². The number of nitro benzene ring substituents is 1. The molecule has 1 unspecified atom stereocenters. The molecule has 34 heavy (non-hydrogen) atoms. The van der Waals surface area contributed by atoms with Crippen molar-refractivity contribution in [2.24, 2.45) is 0 Å². The number of benzene rings is 2. The Morgan fingerprint density at radius 2 is 1.76 bits per heavy atom. The number of ether oxygens (including phenoxy) is 2. The summed E-state index contributed by atoms with van der Waals surface area (Å²) in [6.07, 6.45) is 2.22. The van der Waals surface area contributed by atoms with Gasteiger partial charge in [-0.25, -0.2) is 8.42 Å². The van der Waals surface area contributed by atoms with Gasteiger partial charge < -0.3 is 14.8 Å². The number of hydrogen-bond donors (Lipinski definition) is 1. The summed E-state index contributed by atoms with van der Waals surface area (Å²) in [6.45, 7) is 3.44. The maximum absolute atomic E-state index is 13.0. The molecule has 2 saturated heterocycles. The molecule has 2 aromatic rings. The summed E-state index contributed by atoms with van der Waals surface area (Å²) in [5, 5.41) is 15.0. The van der Waals surface area contributed by atoms with Gasteiger partial charge in [-0.3, -0.25) is 15.0 Å². The van der Waals surface area contributed by atoms with Gasteiger partial charge in [0.25, 0.3) is 5.69 Å². The van der Waals surface area contributed by atoms with Gasteiger partial charge in [0, 0.05) is 25.7 Å². The third-order valence-electron chi connectivity index (χ3n) is 6.34. The van der Waals surface area contributed by atoms with Crippen LogP contribution in [0.2, 0.25) is 0 Å². The van der Waals surface area contributed by atoms with Crippen LogP contribution in [0.15, 0.2) is 47.4 Å². The van der Waals surface area contributed by atoms with Crippen molar-refractivity contribution in [2.45, 2.75) is 23.8 Å². The Bertz CT molecular complexity index is 1100. The molecule has 0 radical (unpaired) electrons. The van der Waals surface area contributed by atoms with Gasteiger partial charge in [-0.15, -0.1) is 0 Å². The molecule has 2 heterocycles. The molecule has 1 N–H and O–H groups in total. The maximum atomic E-state index is 13.0. The maximum Gasteiger partial charge on any atom is 0.293 e. The summed E-state index contributed by atoms with van der Waals surface area (Å²) >= 11 is 0. The molecule has 0 spiro atoms. The molecule has 1 atom stereocenters. The van der Waals surface area contributed by atoms with Crippen molar-refractivity contribution >= 4 is 21.4 Å². The average Bonchev–Trinajstić information content (AvgIpc) is 3.39. The molecule has 2 aromatic carbocycles. The number of morpholine rings is 1. The third kappa shape index (κ3) is 5.33. The lowest BCUT2D eigenvalue weighted by Crippen LogP contribution is -2.40.